The molecule has 0 spiro atoms. The second kappa shape index (κ2) is 9.98. The lowest BCUT2D eigenvalue weighted by Crippen LogP contribution is -2.63. The maximum Gasteiger partial charge on any atom is 0.483 e. The first-order chi connectivity index (χ1) is 18.2. The molecule has 1 aliphatic carbocycles. The number of nitrogens with two attached hydrogens (primary N) is 1. The average molecular weight is 601 g/mol. The van der Waals surface area contributed by atoms with Crippen LogP contribution in [-0.2, 0) is 32.0 Å². The predicted molar refractivity (Wildman–Crippen MR) is 119 cm³/mol. The number of hydrogen-bond acceptors (Lipinski definition) is 17. The third kappa shape index (κ3) is 4.90. The minimum absolute atomic E-state index is 0.0458. The molecule has 3 aliphatic rings. The summed E-state index contributed by atoms with van der Waals surface area (Å²) in [6, 6.07) is 0. The van der Waals surface area contributed by atoms with Gasteiger partial charge in [0.05, 0.1) is 43.6 Å². The molecule has 218 valence electrons. The van der Waals surface area contributed by atoms with Crippen LogP contribution in [0.15, 0.2) is 12.7 Å². The Bertz CT molecular complexity index is 1330. The third-order valence-corrected chi connectivity index (χ3v) is 9.38. The lowest BCUT2D eigenvalue weighted by molar-refractivity contribution is -0.423. The number of phosphoric ester groups is 2. The predicted octanol–water partition coefficient (Wildman–Crippen LogP) is -3.72. The Morgan fingerprint density at radius 3 is 2.46 bits per heavy atom. The summed E-state index contributed by atoms with van der Waals surface area (Å²) in [7, 11) is -10.9. The van der Waals surface area contributed by atoms with Crippen molar-refractivity contribution in [3.8, 4) is 0 Å². The molecule has 2 aromatic heterocycles. The highest BCUT2D eigenvalue weighted by molar-refractivity contribution is 7.61. The van der Waals surface area contributed by atoms with Gasteiger partial charge in [0.25, 0.3) is 0 Å². The number of imidazole rings is 1. The fourth-order valence-corrected chi connectivity index (χ4v) is 7.00. The van der Waals surface area contributed by atoms with Gasteiger partial charge in [-0.25, -0.2) is 24.1 Å². The minimum atomic E-state index is -5.48. The van der Waals surface area contributed by atoms with Gasteiger partial charge >= 0.3 is 15.6 Å². The Labute approximate surface area is 217 Å². The summed E-state index contributed by atoms with van der Waals surface area (Å²) >= 11 is 0. The van der Waals surface area contributed by atoms with Crippen LogP contribution in [0.2, 0.25) is 0 Å². The van der Waals surface area contributed by atoms with E-state index in [4.69, 9.17) is 15.2 Å². The molecular weight excluding hydrogens is 576 g/mol. The molecule has 0 bridgehead atoms. The Balaban J connectivity index is 1.19. The largest absolute Gasteiger partial charge is 0.483 e. The highest BCUT2D eigenvalue weighted by Crippen LogP contribution is 2.64. The molecule has 1 saturated carbocycles. The zero-order chi connectivity index (χ0) is 28.5. The summed E-state index contributed by atoms with van der Waals surface area (Å²) in [5.74, 6) is -5.10. The molecule has 5 rings (SSSR count). The number of hydrogen-bond donors (Lipinski definition) is 9. The molecule has 39 heavy (non-hydrogen) atoms. The molecule has 2 saturated heterocycles. The molecule has 7 unspecified atom stereocenters. The Morgan fingerprint density at radius 2 is 1.77 bits per heavy atom. The number of aliphatic hydroxyl groups excluding tert-OH is 5. The van der Waals surface area contributed by atoms with E-state index in [-0.39, 0.29) is 17.0 Å². The van der Waals surface area contributed by atoms with Gasteiger partial charge < -0.3 is 55.6 Å². The summed E-state index contributed by atoms with van der Waals surface area (Å²) in [6.07, 6.45) is -8.91. The van der Waals surface area contributed by atoms with Crippen LogP contribution in [0.25, 0.3) is 11.2 Å². The standard InChI is InChI=1S/C17H25N5O15P2/c18-13-8-14(20-3-19-13)22(4-21-8)15-12(27)10(25)6(34-15)2-33-38(29,30)37-39(31,32)36-16-7-11(26)9(24)5(1-23)17(7,28)35-16/h3-7,9-12,15-16,23-28H,1-2H2,(H,29,30)(H,31,32)(H2,18,19,20)/t5?,6-,7?,9-,10?,11?,12?,15-,16+,17+/m1/s1. The molecule has 20 nitrogen and oxygen atoms in total. The van der Waals surface area contributed by atoms with Crippen molar-refractivity contribution < 1.29 is 72.4 Å². The van der Waals surface area contributed by atoms with Gasteiger partial charge in [-0.3, -0.25) is 13.6 Å². The van der Waals surface area contributed by atoms with Gasteiger partial charge in [0.2, 0.25) is 0 Å². The number of anilines is 1. The number of fused-ring (bicyclic) bond motifs is 2. The molecule has 4 heterocycles. The first-order valence-corrected chi connectivity index (χ1v) is 14.2. The van der Waals surface area contributed by atoms with E-state index in [1.54, 1.807) is 0 Å². The Morgan fingerprint density at radius 1 is 1.05 bits per heavy atom. The molecule has 0 radical (unpaired) electrons. The maximum absolute atomic E-state index is 12.3. The van der Waals surface area contributed by atoms with Crippen molar-refractivity contribution in [2.75, 3.05) is 18.9 Å². The van der Waals surface area contributed by atoms with E-state index >= 15 is 0 Å². The Kier molecular flexibility index (Phi) is 7.37. The van der Waals surface area contributed by atoms with Gasteiger partial charge in [0.15, 0.2) is 29.8 Å². The van der Waals surface area contributed by atoms with Crippen molar-refractivity contribution in [2.24, 2.45) is 11.8 Å². The van der Waals surface area contributed by atoms with E-state index in [1.807, 2.05) is 0 Å². The number of aromatic nitrogens is 4. The second-order valence-corrected chi connectivity index (χ2v) is 12.1. The van der Waals surface area contributed by atoms with Crippen LogP contribution in [0.3, 0.4) is 0 Å². The summed E-state index contributed by atoms with van der Waals surface area (Å²) in [4.78, 5) is 31.7. The van der Waals surface area contributed by atoms with Crippen LogP contribution in [0.4, 0.5) is 5.82 Å². The monoisotopic (exact) mass is 601 g/mol. The molecule has 0 amide bonds. The first kappa shape index (κ1) is 28.8. The van der Waals surface area contributed by atoms with Gasteiger partial charge in [-0.2, -0.15) is 4.31 Å². The normalized spacial score (nSPS) is 41.2. The van der Waals surface area contributed by atoms with Gasteiger partial charge in [-0.1, -0.05) is 0 Å². The van der Waals surface area contributed by atoms with E-state index in [0.717, 1.165) is 6.33 Å². The quantitative estimate of drug-likeness (QED) is 0.125. The molecule has 22 heteroatoms. The van der Waals surface area contributed by atoms with Crippen molar-refractivity contribution in [2.45, 2.75) is 48.8 Å². The molecule has 3 fully saturated rings. The van der Waals surface area contributed by atoms with Crippen LogP contribution < -0.4 is 5.73 Å². The van der Waals surface area contributed by atoms with Crippen molar-refractivity contribution in [1.82, 2.24) is 19.5 Å². The van der Waals surface area contributed by atoms with Gasteiger partial charge in [-0.05, 0) is 0 Å². The average Bonchev–Trinajstić information content (AvgIpc) is 3.42. The first-order valence-electron chi connectivity index (χ1n) is 11.2. The minimum Gasteiger partial charge on any atom is -0.396 e. The van der Waals surface area contributed by atoms with Crippen LogP contribution in [0.5, 0.6) is 0 Å². The summed E-state index contributed by atoms with van der Waals surface area (Å²) in [5, 5.41) is 60.4. The smallest absolute Gasteiger partial charge is 0.396 e. The second-order valence-electron chi connectivity index (χ2n) is 9.08. The molecule has 2 aliphatic heterocycles. The third-order valence-electron chi connectivity index (χ3n) is 6.78. The van der Waals surface area contributed by atoms with E-state index in [2.05, 4.69) is 28.3 Å². The zero-order valence-electron chi connectivity index (χ0n) is 19.5. The van der Waals surface area contributed by atoms with E-state index < -0.39 is 89.5 Å². The van der Waals surface area contributed by atoms with E-state index in [0.29, 0.717) is 0 Å². The molecule has 2 aromatic rings. The van der Waals surface area contributed by atoms with Crippen molar-refractivity contribution >= 4 is 32.6 Å². The highest BCUT2D eigenvalue weighted by Gasteiger charge is 2.72. The highest BCUT2D eigenvalue weighted by atomic mass is 31.3. The van der Waals surface area contributed by atoms with Crippen molar-refractivity contribution in [1.29, 1.82) is 0 Å². The number of nitrogen functional groups attached to an aromatic ring is 1. The molecule has 12 atom stereocenters. The van der Waals surface area contributed by atoms with E-state index in [1.165, 1.54) is 10.9 Å². The van der Waals surface area contributed by atoms with Gasteiger partial charge in [0.1, 0.15) is 30.2 Å². The molecular formula is C17H25N5O15P2. The van der Waals surface area contributed by atoms with Crippen LogP contribution in [0.1, 0.15) is 6.23 Å². The lowest BCUT2D eigenvalue weighted by Gasteiger charge is -2.49. The van der Waals surface area contributed by atoms with Crippen LogP contribution >= 0.6 is 15.6 Å². The molecule has 0 aromatic carbocycles. The number of ether oxygens (including phenoxy) is 2. The number of rotatable bonds is 9. The van der Waals surface area contributed by atoms with Crippen molar-refractivity contribution in [3.05, 3.63) is 12.7 Å². The fraction of sp³-hybridized carbons (Fsp3) is 0.706. The lowest BCUT2D eigenvalue weighted by atomic mass is 9.89. The molecule has 10 N–H and O–H groups in total. The summed E-state index contributed by atoms with van der Waals surface area (Å²) in [5.41, 5.74) is 6.07. The number of nitrogens with zero attached hydrogens (tertiary/aromatic N) is 4. The summed E-state index contributed by atoms with van der Waals surface area (Å²) < 4.78 is 49.8. The van der Waals surface area contributed by atoms with Gasteiger partial charge in [0, 0.05) is 0 Å². The van der Waals surface area contributed by atoms with Crippen LogP contribution in [0, 0.1) is 11.8 Å². The topological polar surface area (TPSA) is 312 Å². The van der Waals surface area contributed by atoms with Gasteiger partial charge in [-0.15, -0.1) is 0 Å². The van der Waals surface area contributed by atoms with E-state index in [9.17, 15) is 49.6 Å². The maximum atomic E-state index is 12.3. The van der Waals surface area contributed by atoms with Crippen molar-refractivity contribution in [3.63, 3.8) is 0 Å². The summed E-state index contributed by atoms with van der Waals surface area (Å²) in [6.45, 7) is -1.72. The Hall–Kier alpha value is -1.71. The SMILES string of the molecule is Nc1ncnc2c1ncn2[C@@H]1O[C@H](COP(=O)(O)OP(=O)(O)O[C@@H]2O[C@]3(O)C2C(O)[C@H](O)C3CO)C(O)C1O. The number of aliphatic hydroxyl groups is 6. The van der Waals surface area contributed by atoms with Crippen LogP contribution in [-0.4, -0.2) is 116 Å². The zero-order valence-corrected chi connectivity index (χ0v) is 21.2. The number of phosphoric acid groups is 2. The fourth-order valence-electron chi connectivity index (χ4n) is 4.85.